The van der Waals surface area contributed by atoms with E-state index < -0.39 is 5.97 Å². The van der Waals surface area contributed by atoms with Gasteiger partial charge >= 0.3 is 5.97 Å². The Hall–Kier alpha value is -1.20. The Morgan fingerprint density at radius 1 is 1.33 bits per heavy atom. The maximum Gasteiger partial charge on any atom is 0.335 e. The summed E-state index contributed by atoms with van der Waals surface area (Å²) in [6.45, 7) is 0. The quantitative estimate of drug-likeness (QED) is 0.895. The van der Waals surface area contributed by atoms with Crippen molar-refractivity contribution < 1.29 is 14.3 Å². The van der Waals surface area contributed by atoms with E-state index in [1.807, 2.05) is 18.2 Å². The molecule has 0 aliphatic rings. The van der Waals surface area contributed by atoms with E-state index in [0.717, 1.165) is 27.3 Å². The smallest absolute Gasteiger partial charge is 0.335 e. The average Bonchev–Trinajstić information content (AvgIpc) is 2.84. The molecule has 0 amide bonds. The van der Waals surface area contributed by atoms with E-state index in [9.17, 15) is 4.79 Å². The lowest BCUT2D eigenvalue weighted by atomic mass is 10.1. The van der Waals surface area contributed by atoms with Crippen molar-refractivity contribution in [3.63, 3.8) is 0 Å². The van der Waals surface area contributed by atoms with E-state index in [1.54, 1.807) is 30.2 Å². The zero-order valence-electron chi connectivity index (χ0n) is 9.43. The number of carboxylic acids is 1. The molecule has 1 N–H and O–H groups in total. The minimum Gasteiger partial charge on any atom is -0.478 e. The standard InChI is InChI=1S/C13H11BrO3S/c14-12-6-9(13(15)16)3-4-10(12)7-18-8-11-2-1-5-17-11/h1-6H,7-8H2,(H,15,16). The first-order valence-corrected chi connectivity index (χ1v) is 7.23. The highest BCUT2D eigenvalue weighted by Crippen LogP contribution is 2.25. The first kappa shape index (κ1) is 13.2. The summed E-state index contributed by atoms with van der Waals surface area (Å²) in [5.41, 5.74) is 1.37. The molecule has 94 valence electrons. The van der Waals surface area contributed by atoms with Crippen molar-refractivity contribution in [3.05, 3.63) is 58.0 Å². The molecule has 0 aliphatic heterocycles. The van der Waals surface area contributed by atoms with Crippen molar-refractivity contribution in [1.82, 2.24) is 0 Å². The lowest BCUT2D eigenvalue weighted by Gasteiger charge is -2.05. The number of aromatic carboxylic acids is 1. The number of furan rings is 1. The molecule has 0 fully saturated rings. The van der Waals surface area contributed by atoms with E-state index in [-0.39, 0.29) is 0 Å². The summed E-state index contributed by atoms with van der Waals surface area (Å²) in [4.78, 5) is 10.8. The third-order valence-corrected chi connectivity index (χ3v) is 4.12. The number of rotatable bonds is 5. The molecular formula is C13H11BrO3S. The predicted octanol–water partition coefficient (Wildman–Crippen LogP) is 4.17. The van der Waals surface area contributed by atoms with Crippen molar-refractivity contribution in [3.8, 4) is 0 Å². The molecule has 1 heterocycles. The fraction of sp³-hybridized carbons (Fsp3) is 0.154. The van der Waals surface area contributed by atoms with Crippen LogP contribution < -0.4 is 0 Å². The summed E-state index contributed by atoms with van der Waals surface area (Å²) >= 11 is 5.12. The summed E-state index contributed by atoms with van der Waals surface area (Å²) in [5, 5.41) is 8.86. The molecule has 0 spiro atoms. The van der Waals surface area contributed by atoms with Crippen LogP contribution in [0.1, 0.15) is 21.7 Å². The Balaban J connectivity index is 1.95. The van der Waals surface area contributed by atoms with E-state index in [0.29, 0.717) is 5.56 Å². The molecule has 0 atom stereocenters. The lowest BCUT2D eigenvalue weighted by molar-refractivity contribution is 0.0697. The molecule has 0 radical (unpaired) electrons. The minimum absolute atomic E-state index is 0.293. The van der Waals surface area contributed by atoms with Gasteiger partial charge in [-0.15, -0.1) is 11.8 Å². The summed E-state index contributed by atoms with van der Waals surface area (Å²) in [7, 11) is 0. The van der Waals surface area contributed by atoms with Crippen molar-refractivity contribution in [2.24, 2.45) is 0 Å². The van der Waals surface area contributed by atoms with Crippen LogP contribution in [0.25, 0.3) is 0 Å². The molecule has 0 bridgehead atoms. The zero-order chi connectivity index (χ0) is 13.0. The van der Waals surface area contributed by atoms with Gasteiger partial charge in [-0.3, -0.25) is 0 Å². The molecule has 2 rings (SSSR count). The van der Waals surface area contributed by atoms with Gasteiger partial charge in [-0.1, -0.05) is 22.0 Å². The van der Waals surface area contributed by atoms with Crippen LogP contribution in [-0.4, -0.2) is 11.1 Å². The normalized spacial score (nSPS) is 10.5. The Bertz CT molecular complexity index is 537. The van der Waals surface area contributed by atoms with Crippen LogP contribution in [0.15, 0.2) is 45.5 Å². The summed E-state index contributed by atoms with van der Waals surface area (Å²) in [5.74, 6) is 1.64. The van der Waals surface area contributed by atoms with Crippen molar-refractivity contribution in [2.45, 2.75) is 11.5 Å². The molecule has 18 heavy (non-hydrogen) atoms. The fourth-order valence-electron chi connectivity index (χ4n) is 1.45. The maximum absolute atomic E-state index is 10.8. The van der Waals surface area contributed by atoms with Crippen molar-refractivity contribution in [2.75, 3.05) is 0 Å². The van der Waals surface area contributed by atoms with E-state index in [4.69, 9.17) is 9.52 Å². The van der Waals surface area contributed by atoms with Gasteiger partial charge in [-0.05, 0) is 29.8 Å². The van der Waals surface area contributed by atoms with Gasteiger partial charge in [0.05, 0.1) is 17.6 Å². The maximum atomic E-state index is 10.8. The number of halogens is 1. The second-order valence-corrected chi connectivity index (χ2v) is 5.52. The van der Waals surface area contributed by atoms with Gasteiger partial charge in [0, 0.05) is 10.2 Å². The molecule has 1 aromatic carbocycles. The first-order chi connectivity index (χ1) is 8.66. The molecule has 3 nitrogen and oxygen atoms in total. The van der Waals surface area contributed by atoms with E-state index >= 15 is 0 Å². The number of carboxylic acid groups (broad SMARTS) is 1. The van der Waals surface area contributed by atoms with Crippen LogP contribution in [0.4, 0.5) is 0 Å². The molecule has 0 unspecified atom stereocenters. The Morgan fingerprint density at radius 2 is 2.17 bits per heavy atom. The minimum atomic E-state index is -0.912. The van der Waals surface area contributed by atoms with Gasteiger partial charge in [0.15, 0.2) is 0 Å². The fourth-order valence-corrected chi connectivity index (χ4v) is 3.10. The van der Waals surface area contributed by atoms with Gasteiger partial charge in [-0.25, -0.2) is 4.79 Å². The molecule has 0 saturated carbocycles. The van der Waals surface area contributed by atoms with Crippen LogP contribution in [0.2, 0.25) is 0 Å². The zero-order valence-corrected chi connectivity index (χ0v) is 11.8. The largest absolute Gasteiger partial charge is 0.478 e. The third kappa shape index (κ3) is 3.40. The van der Waals surface area contributed by atoms with Gasteiger partial charge in [0.25, 0.3) is 0 Å². The number of thioether (sulfide) groups is 1. The highest BCUT2D eigenvalue weighted by Gasteiger charge is 2.07. The topological polar surface area (TPSA) is 50.4 Å². The first-order valence-electron chi connectivity index (χ1n) is 5.28. The molecule has 5 heteroatoms. The van der Waals surface area contributed by atoms with Crippen LogP contribution in [0.5, 0.6) is 0 Å². The van der Waals surface area contributed by atoms with Crippen molar-refractivity contribution in [1.29, 1.82) is 0 Å². The van der Waals surface area contributed by atoms with Crippen LogP contribution >= 0.6 is 27.7 Å². The van der Waals surface area contributed by atoms with Gasteiger partial charge in [0.2, 0.25) is 0 Å². The number of carbonyl (C=O) groups is 1. The van der Waals surface area contributed by atoms with Gasteiger partial charge in [-0.2, -0.15) is 0 Å². The Labute approximate surface area is 117 Å². The van der Waals surface area contributed by atoms with E-state index in [2.05, 4.69) is 15.9 Å². The molecule has 2 aromatic rings. The van der Waals surface area contributed by atoms with Gasteiger partial charge < -0.3 is 9.52 Å². The summed E-state index contributed by atoms with van der Waals surface area (Å²) in [6.07, 6.45) is 1.66. The average molecular weight is 327 g/mol. The second kappa shape index (κ2) is 6.11. The summed E-state index contributed by atoms with van der Waals surface area (Å²) in [6, 6.07) is 8.90. The predicted molar refractivity (Wildman–Crippen MR) is 74.8 cm³/mol. The van der Waals surface area contributed by atoms with Crippen LogP contribution in [0, 0.1) is 0 Å². The SMILES string of the molecule is O=C(O)c1ccc(CSCc2ccco2)c(Br)c1. The highest BCUT2D eigenvalue weighted by atomic mass is 79.9. The monoisotopic (exact) mass is 326 g/mol. The number of benzene rings is 1. The van der Waals surface area contributed by atoms with Crippen LogP contribution in [-0.2, 0) is 11.5 Å². The third-order valence-electron chi connectivity index (χ3n) is 2.38. The lowest BCUT2D eigenvalue weighted by Crippen LogP contribution is -1.96. The van der Waals surface area contributed by atoms with E-state index in [1.165, 1.54) is 0 Å². The second-order valence-electron chi connectivity index (χ2n) is 3.68. The molecule has 1 aromatic heterocycles. The highest BCUT2D eigenvalue weighted by molar-refractivity contribution is 9.10. The van der Waals surface area contributed by atoms with Crippen LogP contribution in [0.3, 0.4) is 0 Å². The van der Waals surface area contributed by atoms with Gasteiger partial charge in [0.1, 0.15) is 5.76 Å². The molecule has 0 aliphatic carbocycles. The van der Waals surface area contributed by atoms with Crippen molar-refractivity contribution >= 4 is 33.7 Å². The number of hydrogen-bond acceptors (Lipinski definition) is 3. The molecule has 0 saturated heterocycles. The Kier molecular flexibility index (Phi) is 4.49. The number of hydrogen-bond donors (Lipinski definition) is 1. The molecular weight excluding hydrogens is 316 g/mol. The Morgan fingerprint density at radius 3 is 2.78 bits per heavy atom. The summed E-state index contributed by atoms with van der Waals surface area (Å²) < 4.78 is 6.07.